The molecule has 0 aliphatic rings. The van der Waals surface area contributed by atoms with E-state index < -0.39 is 16.6 Å². The van der Waals surface area contributed by atoms with E-state index in [0.717, 1.165) is 16.7 Å². The van der Waals surface area contributed by atoms with Crippen LogP contribution >= 0.6 is 11.6 Å². The molecule has 6 heteroatoms. The number of hydrogen-bond acceptors (Lipinski definition) is 5. The van der Waals surface area contributed by atoms with Gasteiger partial charge in [-0.25, -0.2) is 0 Å². The minimum absolute atomic E-state index is 0.0658. The number of nitrogens with one attached hydrogen (secondary N) is 2. The third-order valence-corrected chi connectivity index (χ3v) is 5.55. The van der Waals surface area contributed by atoms with Crippen molar-refractivity contribution >= 4 is 23.0 Å². The number of benzene rings is 3. The van der Waals surface area contributed by atoms with Gasteiger partial charge < -0.3 is 10.4 Å². The van der Waals surface area contributed by atoms with E-state index in [-0.39, 0.29) is 17.8 Å². The predicted molar refractivity (Wildman–Crippen MR) is 124 cm³/mol. The summed E-state index contributed by atoms with van der Waals surface area (Å²) in [4.78, 5) is 23.0. The van der Waals surface area contributed by atoms with Crippen LogP contribution in [-0.2, 0) is 0 Å². The van der Waals surface area contributed by atoms with E-state index >= 15 is 0 Å². The maximum Gasteiger partial charge on any atom is 0.271 e. The molecular weight excluding hydrogens is 412 g/mol. The Kier molecular flexibility index (Phi) is 5.89. The topological polar surface area (TPSA) is 78.4 Å². The zero-order valence-corrected chi connectivity index (χ0v) is 17.6. The summed E-state index contributed by atoms with van der Waals surface area (Å²) in [5.41, 5.74) is 2.09. The molecule has 3 N–H and O–H groups in total. The van der Waals surface area contributed by atoms with E-state index in [1.165, 1.54) is 0 Å². The molecule has 0 bridgehead atoms. The molecule has 4 rings (SSSR count). The molecule has 4 aromatic rings. The smallest absolute Gasteiger partial charge is 0.271 e. The Morgan fingerprint density at radius 1 is 0.806 bits per heavy atom. The Balaban J connectivity index is 1.67. The maximum atomic E-state index is 11.7. The summed E-state index contributed by atoms with van der Waals surface area (Å²) in [7, 11) is 0. The molecule has 0 heterocycles. The van der Waals surface area contributed by atoms with Crippen LogP contribution in [0.25, 0.3) is 0 Å². The lowest BCUT2D eigenvalue weighted by atomic mass is 9.96. The molecule has 31 heavy (non-hydrogen) atoms. The molecule has 0 radical (unpaired) electrons. The van der Waals surface area contributed by atoms with Gasteiger partial charge in [0.1, 0.15) is 5.69 Å². The van der Waals surface area contributed by atoms with Crippen molar-refractivity contribution in [2.45, 2.75) is 19.0 Å². The molecule has 5 nitrogen and oxygen atoms in total. The van der Waals surface area contributed by atoms with Gasteiger partial charge in [-0.05, 0) is 47.9 Å². The van der Waals surface area contributed by atoms with Crippen molar-refractivity contribution in [1.82, 2.24) is 5.32 Å². The fraction of sp³-hybridized carbons (Fsp3) is 0.120. The fourth-order valence-corrected chi connectivity index (χ4v) is 3.69. The van der Waals surface area contributed by atoms with Crippen LogP contribution in [-0.4, -0.2) is 5.11 Å². The Morgan fingerprint density at radius 2 is 1.48 bits per heavy atom. The number of halogens is 1. The summed E-state index contributed by atoms with van der Waals surface area (Å²) in [6, 6.07) is 25.2. The van der Waals surface area contributed by atoms with Crippen molar-refractivity contribution in [3.63, 3.8) is 0 Å². The van der Waals surface area contributed by atoms with E-state index in [4.69, 9.17) is 11.6 Å². The van der Waals surface area contributed by atoms with Crippen LogP contribution in [0, 0.1) is 0 Å². The molecule has 0 amide bonds. The van der Waals surface area contributed by atoms with Crippen LogP contribution in [0.4, 0.5) is 11.4 Å². The van der Waals surface area contributed by atoms with Gasteiger partial charge in [0.25, 0.3) is 10.9 Å². The van der Waals surface area contributed by atoms with Gasteiger partial charge in [-0.3, -0.25) is 14.9 Å². The predicted octanol–water partition coefficient (Wildman–Crippen LogP) is 4.83. The lowest BCUT2D eigenvalue weighted by Crippen LogP contribution is -2.32. The van der Waals surface area contributed by atoms with E-state index in [0.29, 0.717) is 10.7 Å². The first-order valence-corrected chi connectivity index (χ1v) is 10.3. The van der Waals surface area contributed by atoms with Crippen molar-refractivity contribution in [1.29, 1.82) is 0 Å². The van der Waals surface area contributed by atoms with Gasteiger partial charge in [-0.1, -0.05) is 66.2 Å². The largest absolute Gasteiger partial charge is 0.502 e. The molecule has 0 aromatic heterocycles. The van der Waals surface area contributed by atoms with E-state index in [1.54, 1.807) is 6.07 Å². The van der Waals surface area contributed by atoms with Crippen molar-refractivity contribution in [2.24, 2.45) is 0 Å². The average molecular weight is 433 g/mol. The normalized spacial score (nSPS) is 13.1. The van der Waals surface area contributed by atoms with Gasteiger partial charge in [0.05, 0.1) is 6.04 Å². The second-order valence-electron chi connectivity index (χ2n) is 7.42. The fourth-order valence-electron chi connectivity index (χ4n) is 3.56. The third-order valence-electron chi connectivity index (χ3n) is 5.29. The Morgan fingerprint density at radius 3 is 2.16 bits per heavy atom. The Bertz CT molecular complexity index is 1260. The van der Waals surface area contributed by atoms with Crippen LogP contribution in [0.2, 0.25) is 5.02 Å². The highest BCUT2D eigenvalue weighted by atomic mass is 35.5. The lowest BCUT2D eigenvalue weighted by molar-refractivity contribution is 0.466. The van der Waals surface area contributed by atoms with Crippen LogP contribution in [0.1, 0.15) is 35.7 Å². The van der Waals surface area contributed by atoms with Crippen LogP contribution in [0.15, 0.2) is 88.5 Å². The van der Waals surface area contributed by atoms with Gasteiger partial charge >= 0.3 is 0 Å². The van der Waals surface area contributed by atoms with E-state index in [9.17, 15) is 14.7 Å². The monoisotopic (exact) mass is 432 g/mol. The zero-order valence-electron chi connectivity index (χ0n) is 16.8. The van der Waals surface area contributed by atoms with Crippen LogP contribution in [0.3, 0.4) is 0 Å². The van der Waals surface area contributed by atoms with Gasteiger partial charge in [0.2, 0.25) is 0 Å². The highest BCUT2D eigenvalue weighted by Gasteiger charge is 2.21. The van der Waals surface area contributed by atoms with Gasteiger partial charge in [-0.2, -0.15) is 0 Å². The summed E-state index contributed by atoms with van der Waals surface area (Å²) in [6.07, 6.45) is 0. The number of rotatable bonds is 7. The van der Waals surface area contributed by atoms with Gasteiger partial charge in [0, 0.05) is 16.8 Å². The minimum atomic E-state index is -0.865. The second kappa shape index (κ2) is 8.76. The molecular formula is C25H21ClN2O3. The van der Waals surface area contributed by atoms with Gasteiger partial charge in [-0.15, -0.1) is 0 Å². The molecule has 4 aromatic carbocycles. The minimum Gasteiger partial charge on any atom is -0.502 e. The number of hydrogen-bond donors (Lipinski definition) is 3. The third kappa shape index (κ3) is 4.38. The highest BCUT2D eigenvalue weighted by Crippen LogP contribution is 2.30. The molecule has 0 spiro atoms. The molecule has 0 fully saturated rings. The SMILES string of the molecule is CC(NC(c1ccc(Cl)cc1)c1cccc(Nc2c(O)c(=O)c2=O)c1)c1ccccc1. The van der Waals surface area contributed by atoms with E-state index in [1.807, 2.05) is 60.7 Å². The summed E-state index contributed by atoms with van der Waals surface area (Å²) >= 11 is 6.09. The molecule has 2 atom stereocenters. The lowest BCUT2D eigenvalue weighted by Gasteiger charge is -2.25. The summed E-state index contributed by atoms with van der Waals surface area (Å²) in [6.45, 7) is 2.10. The first kappa shape index (κ1) is 20.8. The molecule has 156 valence electrons. The van der Waals surface area contributed by atoms with Crippen LogP contribution < -0.4 is 21.5 Å². The maximum absolute atomic E-state index is 11.7. The average Bonchev–Trinajstić information content (AvgIpc) is 2.81. The van der Waals surface area contributed by atoms with Crippen molar-refractivity contribution in [2.75, 3.05) is 5.32 Å². The molecule has 0 aliphatic carbocycles. The number of anilines is 2. The van der Waals surface area contributed by atoms with Crippen LogP contribution in [0.5, 0.6) is 5.75 Å². The van der Waals surface area contributed by atoms with Crippen molar-refractivity contribution in [3.05, 3.63) is 121 Å². The van der Waals surface area contributed by atoms with Crippen molar-refractivity contribution in [3.8, 4) is 5.75 Å². The Hall–Kier alpha value is -3.41. The summed E-state index contributed by atoms with van der Waals surface area (Å²) in [5.74, 6) is -0.527. The molecule has 0 aliphatic heterocycles. The quantitative estimate of drug-likeness (QED) is 0.365. The second-order valence-corrected chi connectivity index (χ2v) is 7.85. The standard InChI is InChI=1S/C25H21ClN2O3/c1-15(16-6-3-2-4-7-16)27-21(17-10-12-19(26)13-11-17)18-8-5-9-20(14-18)28-22-23(29)25(31)24(22)30/h2-15,21,27-29H,1H3. The summed E-state index contributed by atoms with van der Waals surface area (Å²) in [5, 5.41) is 16.8. The zero-order chi connectivity index (χ0) is 22.0. The van der Waals surface area contributed by atoms with Crippen molar-refractivity contribution < 1.29 is 5.11 Å². The first-order valence-electron chi connectivity index (χ1n) is 9.89. The molecule has 0 saturated carbocycles. The van der Waals surface area contributed by atoms with Gasteiger partial charge in [0.15, 0.2) is 5.75 Å². The molecule has 2 unspecified atom stereocenters. The first-order chi connectivity index (χ1) is 14.9. The molecule has 0 saturated heterocycles. The number of aromatic hydroxyl groups is 1. The highest BCUT2D eigenvalue weighted by molar-refractivity contribution is 6.30. The Labute approximate surface area is 184 Å². The summed E-state index contributed by atoms with van der Waals surface area (Å²) < 4.78 is 0. The van der Waals surface area contributed by atoms with E-state index in [2.05, 4.69) is 29.7 Å².